The number of hydrogen-bond donors (Lipinski definition) is 1. The van der Waals surface area contributed by atoms with Crippen LogP contribution in [0.4, 0.5) is 0 Å². The zero-order valence-corrected chi connectivity index (χ0v) is 13.2. The van der Waals surface area contributed by atoms with E-state index in [2.05, 4.69) is 22.9 Å². The fourth-order valence-corrected chi connectivity index (χ4v) is 3.09. The molecule has 0 aliphatic carbocycles. The Hall–Kier alpha value is -0.580. The highest BCUT2D eigenvalue weighted by molar-refractivity contribution is 9.10. The zero-order chi connectivity index (χ0) is 14.0. The van der Waals surface area contributed by atoms with Crippen LogP contribution in [0.15, 0.2) is 22.7 Å². The summed E-state index contributed by atoms with van der Waals surface area (Å²) < 4.78 is 0.782. The molecule has 0 radical (unpaired) electrons. The van der Waals surface area contributed by atoms with E-state index in [1.54, 1.807) is 12.1 Å². The minimum Gasteiger partial charge on any atom is -0.338 e. The van der Waals surface area contributed by atoms with E-state index in [0.717, 1.165) is 30.4 Å². The number of likely N-dealkylation sites (tertiary alicyclic amines) is 1. The second kappa shape index (κ2) is 6.25. The lowest BCUT2D eigenvalue weighted by Gasteiger charge is -2.36. The highest BCUT2D eigenvalue weighted by Gasteiger charge is 2.29. The van der Waals surface area contributed by atoms with Gasteiger partial charge in [-0.15, -0.1) is 0 Å². The molecule has 1 heterocycles. The fraction of sp³-hybridized carbons (Fsp3) is 0.500. The molecule has 2 unspecified atom stereocenters. The van der Waals surface area contributed by atoms with Gasteiger partial charge < -0.3 is 10.6 Å². The Kier molecular flexibility index (Phi) is 4.87. The molecule has 1 aromatic rings. The average molecular weight is 346 g/mol. The molecular weight excluding hydrogens is 328 g/mol. The average Bonchev–Trinajstić information content (AvgIpc) is 2.41. The Balaban J connectivity index is 2.18. The minimum absolute atomic E-state index is 0.0275. The Morgan fingerprint density at radius 1 is 1.58 bits per heavy atom. The van der Waals surface area contributed by atoms with Crippen molar-refractivity contribution >= 4 is 33.4 Å². The number of amides is 1. The smallest absolute Gasteiger partial charge is 0.255 e. The number of benzene rings is 1. The van der Waals surface area contributed by atoms with Crippen molar-refractivity contribution in [2.45, 2.75) is 25.8 Å². The first-order chi connectivity index (χ1) is 9.02. The third-order valence-corrected chi connectivity index (χ3v) is 4.69. The molecule has 1 amide bonds. The molecule has 0 saturated carbocycles. The van der Waals surface area contributed by atoms with E-state index in [1.807, 2.05) is 11.0 Å². The predicted molar refractivity (Wildman–Crippen MR) is 81.4 cm³/mol. The summed E-state index contributed by atoms with van der Waals surface area (Å²) >= 11 is 9.38. The van der Waals surface area contributed by atoms with Gasteiger partial charge in [0.05, 0.1) is 5.56 Å². The molecule has 1 saturated heterocycles. The van der Waals surface area contributed by atoms with E-state index in [0.29, 0.717) is 16.5 Å². The Labute approximate surface area is 127 Å². The molecule has 1 aliphatic heterocycles. The zero-order valence-electron chi connectivity index (χ0n) is 10.9. The van der Waals surface area contributed by atoms with E-state index in [-0.39, 0.29) is 11.9 Å². The number of rotatable bonds is 2. The molecule has 2 atom stereocenters. The van der Waals surface area contributed by atoms with Gasteiger partial charge in [-0.05, 0) is 46.5 Å². The van der Waals surface area contributed by atoms with Crippen molar-refractivity contribution in [3.05, 3.63) is 33.3 Å². The van der Waals surface area contributed by atoms with Crippen molar-refractivity contribution in [2.24, 2.45) is 11.7 Å². The van der Waals surface area contributed by atoms with Gasteiger partial charge in [-0.3, -0.25) is 4.79 Å². The van der Waals surface area contributed by atoms with Gasteiger partial charge in [-0.25, -0.2) is 0 Å². The first-order valence-electron chi connectivity index (χ1n) is 6.52. The maximum Gasteiger partial charge on any atom is 0.255 e. The van der Waals surface area contributed by atoms with Crippen molar-refractivity contribution in [3.63, 3.8) is 0 Å². The van der Waals surface area contributed by atoms with Crippen molar-refractivity contribution in [2.75, 3.05) is 13.1 Å². The Bertz CT molecular complexity index is 481. The number of nitrogens with zero attached hydrogens (tertiary/aromatic N) is 1. The lowest BCUT2D eigenvalue weighted by Crippen LogP contribution is -2.49. The van der Waals surface area contributed by atoms with Crippen LogP contribution in [0, 0.1) is 5.92 Å². The summed E-state index contributed by atoms with van der Waals surface area (Å²) in [6.07, 6.45) is 1.87. The Morgan fingerprint density at radius 3 is 3.00 bits per heavy atom. The largest absolute Gasteiger partial charge is 0.338 e. The monoisotopic (exact) mass is 344 g/mol. The number of hydrogen-bond acceptors (Lipinski definition) is 2. The van der Waals surface area contributed by atoms with Crippen molar-refractivity contribution in [1.82, 2.24) is 4.90 Å². The number of carbonyl (C=O) groups excluding carboxylic acids is 1. The predicted octanol–water partition coefficient (Wildman–Crippen LogP) is 3.30. The molecule has 1 fully saturated rings. The molecule has 19 heavy (non-hydrogen) atoms. The Morgan fingerprint density at radius 2 is 2.32 bits per heavy atom. The summed E-state index contributed by atoms with van der Waals surface area (Å²) in [5.74, 6) is 0.412. The molecule has 5 heteroatoms. The second-order valence-electron chi connectivity index (χ2n) is 5.00. The highest BCUT2D eigenvalue weighted by atomic mass is 79.9. The van der Waals surface area contributed by atoms with Gasteiger partial charge in [0.25, 0.3) is 5.91 Å². The van der Waals surface area contributed by atoms with Crippen LogP contribution in [0.5, 0.6) is 0 Å². The van der Waals surface area contributed by atoms with Gasteiger partial charge in [0, 0.05) is 28.6 Å². The van der Waals surface area contributed by atoms with Crippen LogP contribution in [-0.4, -0.2) is 29.9 Å². The van der Waals surface area contributed by atoms with Crippen LogP contribution in [-0.2, 0) is 0 Å². The summed E-state index contributed by atoms with van der Waals surface area (Å²) in [6, 6.07) is 5.49. The topological polar surface area (TPSA) is 46.3 Å². The van der Waals surface area contributed by atoms with Gasteiger partial charge in [0.1, 0.15) is 0 Å². The molecular formula is C14H18BrClN2O. The lowest BCUT2D eigenvalue weighted by molar-refractivity contribution is 0.0648. The number of halogens is 2. The van der Waals surface area contributed by atoms with Gasteiger partial charge in [0.2, 0.25) is 0 Å². The van der Waals surface area contributed by atoms with Crippen LogP contribution in [0.1, 0.15) is 30.1 Å². The first-order valence-corrected chi connectivity index (χ1v) is 7.70. The normalized spacial score (nSPS) is 23.5. The number of nitrogens with two attached hydrogens (primary N) is 1. The molecule has 2 rings (SSSR count). The molecule has 3 nitrogen and oxygen atoms in total. The minimum atomic E-state index is 0.0275. The maximum absolute atomic E-state index is 12.5. The third-order valence-electron chi connectivity index (χ3n) is 3.76. The van der Waals surface area contributed by atoms with Crippen molar-refractivity contribution < 1.29 is 4.79 Å². The lowest BCUT2D eigenvalue weighted by atomic mass is 9.90. The molecule has 1 aliphatic rings. The van der Waals surface area contributed by atoms with Crippen LogP contribution in [0.2, 0.25) is 5.02 Å². The summed E-state index contributed by atoms with van der Waals surface area (Å²) in [7, 11) is 0. The van der Waals surface area contributed by atoms with Crippen LogP contribution < -0.4 is 5.73 Å². The fourth-order valence-electron chi connectivity index (χ4n) is 2.50. The van der Waals surface area contributed by atoms with Crippen LogP contribution >= 0.6 is 27.5 Å². The van der Waals surface area contributed by atoms with E-state index in [9.17, 15) is 4.79 Å². The maximum atomic E-state index is 12.5. The molecule has 0 bridgehead atoms. The summed E-state index contributed by atoms with van der Waals surface area (Å²) in [6.45, 7) is 3.57. The highest BCUT2D eigenvalue weighted by Crippen LogP contribution is 2.25. The number of piperidine rings is 1. The summed E-state index contributed by atoms with van der Waals surface area (Å²) in [5.41, 5.74) is 6.70. The summed E-state index contributed by atoms with van der Waals surface area (Å²) in [5, 5.41) is 0.576. The number of carbonyl (C=O) groups is 1. The van der Waals surface area contributed by atoms with E-state index in [1.165, 1.54) is 0 Å². The third kappa shape index (κ3) is 3.30. The van der Waals surface area contributed by atoms with Crippen molar-refractivity contribution in [3.8, 4) is 0 Å². The van der Waals surface area contributed by atoms with E-state index in [4.69, 9.17) is 17.3 Å². The first kappa shape index (κ1) is 14.8. The molecule has 0 spiro atoms. The van der Waals surface area contributed by atoms with Gasteiger partial charge in [-0.2, -0.15) is 0 Å². The van der Waals surface area contributed by atoms with Crippen LogP contribution in [0.25, 0.3) is 0 Å². The SMILES string of the molecule is CCC1CN(C(=O)c2cc(Cl)ccc2Br)CCC1N. The second-order valence-corrected chi connectivity index (χ2v) is 6.29. The quantitative estimate of drug-likeness (QED) is 0.894. The van der Waals surface area contributed by atoms with Crippen LogP contribution in [0.3, 0.4) is 0 Å². The summed E-state index contributed by atoms with van der Waals surface area (Å²) in [4.78, 5) is 14.4. The van der Waals surface area contributed by atoms with Gasteiger partial charge in [-0.1, -0.05) is 24.9 Å². The molecule has 0 aromatic heterocycles. The van der Waals surface area contributed by atoms with E-state index >= 15 is 0 Å². The standard InChI is InChI=1S/C14H18BrClN2O/c1-2-9-8-18(6-5-13(9)17)14(19)11-7-10(16)3-4-12(11)15/h3-4,7,9,13H,2,5-6,8,17H2,1H3. The molecule has 2 N–H and O–H groups in total. The molecule has 1 aromatic carbocycles. The molecule has 104 valence electrons. The van der Waals surface area contributed by atoms with Gasteiger partial charge >= 0.3 is 0 Å². The van der Waals surface area contributed by atoms with Gasteiger partial charge in [0.15, 0.2) is 0 Å². The van der Waals surface area contributed by atoms with E-state index < -0.39 is 0 Å². The van der Waals surface area contributed by atoms with Crippen molar-refractivity contribution in [1.29, 1.82) is 0 Å².